The number of halogens is 2. The molecule has 0 aliphatic heterocycles. The second kappa shape index (κ2) is 4.84. The maximum Gasteiger partial charge on any atom is 0.358 e. The molecule has 0 aliphatic rings. The van der Waals surface area contributed by atoms with E-state index in [4.69, 9.17) is 16.7 Å². The molecule has 0 aromatic carbocycles. The number of hydrogen-bond acceptors (Lipinski definition) is 5. The number of nitrogens with zero attached hydrogens (tertiary/aromatic N) is 6. The Kier molecular flexibility index (Phi) is 3.14. The fraction of sp³-hybridized carbons (Fsp3) is 0.100. The normalized spacial score (nSPS) is 11.1. The van der Waals surface area contributed by atoms with E-state index in [9.17, 15) is 4.79 Å². The zero-order chi connectivity index (χ0) is 14.3. The summed E-state index contributed by atoms with van der Waals surface area (Å²) in [6, 6.07) is 1.64. The van der Waals surface area contributed by atoms with Crippen LogP contribution in [-0.2, 0) is 6.54 Å². The molecule has 0 atom stereocenters. The average Bonchev–Trinajstić information content (AvgIpc) is 2.96. The van der Waals surface area contributed by atoms with Gasteiger partial charge in [-0.05, 0) is 22.0 Å². The van der Waals surface area contributed by atoms with Gasteiger partial charge in [0.05, 0.1) is 29.1 Å². The SMILES string of the molecule is O=C(O)c1cn(Cc2cn3nc(Cl)cc(Br)c3n2)nn1. The fourth-order valence-electron chi connectivity index (χ4n) is 1.67. The smallest absolute Gasteiger partial charge is 0.358 e. The molecule has 1 N–H and O–H groups in total. The van der Waals surface area contributed by atoms with E-state index in [0.29, 0.717) is 21.0 Å². The van der Waals surface area contributed by atoms with Gasteiger partial charge in [0, 0.05) is 0 Å². The highest BCUT2D eigenvalue weighted by molar-refractivity contribution is 9.10. The molecule has 0 saturated carbocycles. The van der Waals surface area contributed by atoms with E-state index >= 15 is 0 Å². The molecule has 20 heavy (non-hydrogen) atoms. The molecule has 0 spiro atoms. The monoisotopic (exact) mass is 356 g/mol. The largest absolute Gasteiger partial charge is 0.476 e. The van der Waals surface area contributed by atoms with Gasteiger partial charge in [-0.2, -0.15) is 5.10 Å². The Balaban J connectivity index is 1.94. The van der Waals surface area contributed by atoms with Gasteiger partial charge in [-0.25, -0.2) is 19.0 Å². The zero-order valence-electron chi connectivity index (χ0n) is 9.73. The molecule has 102 valence electrons. The lowest BCUT2D eigenvalue weighted by Gasteiger charge is -1.94. The van der Waals surface area contributed by atoms with Gasteiger partial charge in [0.1, 0.15) is 0 Å². The third kappa shape index (κ3) is 2.37. The van der Waals surface area contributed by atoms with E-state index < -0.39 is 5.97 Å². The quantitative estimate of drug-likeness (QED) is 0.762. The van der Waals surface area contributed by atoms with Crippen LogP contribution in [0.25, 0.3) is 5.65 Å². The van der Waals surface area contributed by atoms with Crippen LogP contribution in [0, 0.1) is 0 Å². The first kappa shape index (κ1) is 13.0. The highest BCUT2D eigenvalue weighted by Gasteiger charge is 2.11. The Bertz CT molecular complexity index is 813. The Morgan fingerprint density at radius 2 is 2.25 bits per heavy atom. The lowest BCUT2D eigenvalue weighted by Crippen LogP contribution is -2.00. The van der Waals surface area contributed by atoms with E-state index in [0.717, 1.165) is 0 Å². The van der Waals surface area contributed by atoms with Crippen molar-refractivity contribution in [3.63, 3.8) is 0 Å². The van der Waals surface area contributed by atoms with Crippen molar-refractivity contribution >= 4 is 39.1 Å². The molecule has 0 radical (unpaired) electrons. The van der Waals surface area contributed by atoms with Crippen molar-refractivity contribution in [3.8, 4) is 0 Å². The minimum atomic E-state index is -1.12. The average molecular weight is 358 g/mol. The first-order chi connectivity index (χ1) is 9.52. The van der Waals surface area contributed by atoms with Crippen molar-refractivity contribution in [3.05, 3.63) is 39.5 Å². The van der Waals surface area contributed by atoms with Gasteiger partial charge in [-0.15, -0.1) is 5.10 Å². The molecule has 0 unspecified atom stereocenters. The van der Waals surface area contributed by atoms with Gasteiger partial charge in [-0.1, -0.05) is 16.8 Å². The predicted octanol–water partition coefficient (Wildman–Crippen LogP) is 1.48. The standard InChI is InChI=1S/C10H6BrClN6O2/c11-6-1-8(12)15-18-3-5(13-9(6)18)2-17-4-7(10(19)20)14-16-17/h1,3-4H,2H2,(H,19,20). The van der Waals surface area contributed by atoms with Gasteiger partial charge < -0.3 is 5.11 Å². The third-order valence-electron chi connectivity index (χ3n) is 2.48. The number of rotatable bonds is 3. The minimum Gasteiger partial charge on any atom is -0.476 e. The first-order valence-electron chi connectivity index (χ1n) is 5.36. The Morgan fingerprint density at radius 3 is 2.95 bits per heavy atom. The highest BCUT2D eigenvalue weighted by Crippen LogP contribution is 2.20. The summed E-state index contributed by atoms with van der Waals surface area (Å²) in [5, 5.41) is 20.4. The third-order valence-corrected chi connectivity index (χ3v) is 3.25. The minimum absolute atomic E-state index is 0.115. The number of carbonyl (C=O) groups is 1. The van der Waals surface area contributed by atoms with Gasteiger partial charge in [-0.3, -0.25) is 0 Å². The number of fused-ring (bicyclic) bond motifs is 1. The first-order valence-corrected chi connectivity index (χ1v) is 6.54. The second-order valence-electron chi connectivity index (χ2n) is 3.92. The van der Waals surface area contributed by atoms with Crippen LogP contribution in [0.1, 0.15) is 16.2 Å². The molecule has 3 aromatic heterocycles. The van der Waals surface area contributed by atoms with E-state index in [1.54, 1.807) is 12.3 Å². The Labute approximate surface area is 125 Å². The Hall–Kier alpha value is -2.00. The van der Waals surface area contributed by atoms with Crippen LogP contribution in [-0.4, -0.2) is 40.7 Å². The van der Waals surface area contributed by atoms with Gasteiger partial charge in [0.2, 0.25) is 0 Å². The maximum absolute atomic E-state index is 10.7. The van der Waals surface area contributed by atoms with Crippen LogP contribution < -0.4 is 0 Å². The van der Waals surface area contributed by atoms with Crippen molar-refractivity contribution in [2.75, 3.05) is 0 Å². The maximum atomic E-state index is 10.7. The summed E-state index contributed by atoms with van der Waals surface area (Å²) in [5.74, 6) is -1.12. The molecular weight excluding hydrogens is 352 g/mol. The van der Waals surface area contributed by atoms with Crippen molar-refractivity contribution < 1.29 is 9.90 Å². The number of carboxylic acid groups (broad SMARTS) is 1. The molecule has 0 saturated heterocycles. The molecule has 3 aromatic rings. The van der Waals surface area contributed by atoms with Crippen molar-refractivity contribution in [1.29, 1.82) is 0 Å². The highest BCUT2D eigenvalue weighted by atomic mass is 79.9. The van der Waals surface area contributed by atoms with Gasteiger partial charge >= 0.3 is 5.97 Å². The lowest BCUT2D eigenvalue weighted by atomic mass is 10.4. The van der Waals surface area contributed by atoms with Crippen molar-refractivity contribution in [2.24, 2.45) is 0 Å². The molecule has 3 heterocycles. The fourth-order valence-corrected chi connectivity index (χ4v) is 2.48. The summed E-state index contributed by atoms with van der Waals surface area (Å²) in [5.41, 5.74) is 1.15. The van der Waals surface area contributed by atoms with Crippen LogP contribution in [0.2, 0.25) is 5.15 Å². The van der Waals surface area contributed by atoms with Crippen LogP contribution in [0.4, 0.5) is 0 Å². The molecule has 0 bridgehead atoms. The lowest BCUT2D eigenvalue weighted by molar-refractivity contribution is 0.0690. The summed E-state index contributed by atoms with van der Waals surface area (Å²) in [6.07, 6.45) is 3.02. The van der Waals surface area contributed by atoms with Crippen LogP contribution in [0.5, 0.6) is 0 Å². The zero-order valence-corrected chi connectivity index (χ0v) is 12.1. The summed E-state index contributed by atoms with van der Waals surface area (Å²) in [6.45, 7) is 0.285. The molecule has 0 amide bonds. The number of aromatic nitrogens is 6. The van der Waals surface area contributed by atoms with Crippen LogP contribution in [0.15, 0.2) is 22.9 Å². The van der Waals surface area contributed by atoms with Crippen molar-refractivity contribution in [1.82, 2.24) is 29.6 Å². The number of aromatic carboxylic acids is 1. The van der Waals surface area contributed by atoms with Crippen molar-refractivity contribution in [2.45, 2.75) is 6.54 Å². The van der Waals surface area contributed by atoms with Crippen LogP contribution >= 0.6 is 27.5 Å². The van der Waals surface area contributed by atoms with Gasteiger partial charge in [0.25, 0.3) is 0 Å². The van der Waals surface area contributed by atoms with E-state index in [2.05, 4.69) is 36.3 Å². The summed E-state index contributed by atoms with van der Waals surface area (Å²) < 4.78 is 3.64. The predicted molar refractivity (Wildman–Crippen MR) is 71.8 cm³/mol. The summed E-state index contributed by atoms with van der Waals surface area (Å²) >= 11 is 9.20. The molecule has 0 aliphatic carbocycles. The second-order valence-corrected chi connectivity index (χ2v) is 5.16. The number of carboxylic acids is 1. The summed E-state index contributed by atoms with van der Waals surface area (Å²) in [7, 11) is 0. The molecule has 3 rings (SSSR count). The number of hydrogen-bond donors (Lipinski definition) is 1. The van der Waals surface area contributed by atoms with E-state index in [-0.39, 0.29) is 12.2 Å². The molecular formula is C10H6BrClN6O2. The molecule has 8 nitrogen and oxygen atoms in total. The summed E-state index contributed by atoms with van der Waals surface area (Å²) in [4.78, 5) is 15.1. The van der Waals surface area contributed by atoms with E-state index in [1.165, 1.54) is 15.4 Å². The van der Waals surface area contributed by atoms with Crippen LogP contribution in [0.3, 0.4) is 0 Å². The molecule has 10 heteroatoms. The number of imidazole rings is 1. The van der Waals surface area contributed by atoms with Gasteiger partial charge in [0.15, 0.2) is 16.5 Å². The van der Waals surface area contributed by atoms with E-state index in [1.807, 2.05) is 0 Å². The Morgan fingerprint density at radius 1 is 1.45 bits per heavy atom. The molecule has 0 fully saturated rings. The topological polar surface area (TPSA) is 98.2 Å².